The maximum absolute atomic E-state index is 12.8. The van der Waals surface area contributed by atoms with Crippen LogP contribution in [0.3, 0.4) is 0 Å². The first kappa shape index (κ1) is 25.4. The van der Waals surface area contributed by atoms with Gasteiger partial charge in [-0.05, 0) is 91.9 Å². The Hall–Kier alpha value is -1.93. The second-order valence-corrected chi connectivity index (χ2v) is 12.7. The number of anilines is 1. The fraction of sp³-hybridized carbons (Fsp3) is 0.700. The van der Waals surface area contributed by atoms with Crippen molar-refractivity contribution in [3.8, 4) is 0 Å². The Morgan fingerprint density at radius 3 is 2.59 bits per heavy atom. The van der Waals surface area contributed by atoms with E-state index in [2.05, 4.69) is 32.9 Å². The largest absolute Gasteiger partial charge is 0.733 e. The minimum Gasteiger partial charge on any atom is -0.733 e. The van der Waals surface area contributed by atoms with E-state index in [1.807, 2.05) is 0 Å². The first-order valence-corrected chi connectivity index (χ1v) is 14.2. The second kappa shape index (κ2) is 9.37. The van der Waals surface area contributed by atoms with Crippen molar-refractivity contribution in [1.82, 2.24) is 0 Å². The number of benzene rings is 1. The number of rotatable bonds is 3. The van der Waals surface area contributed by atoms with Crippen molar-refractivity contribution in [3.05, 3.63) is 47.2 Å². The molecular formula is C30H40NO6-. The molecule has 7 nitrogen and oxygen atoms in total. The zero-order valence-corrected chi connectivity index (χ0v) is 22.2. The minimum absolute atomic E-state index is 0.0813. The van der Waals surface area contributed by atoms with Crippen LogP contribution in [0.4, 0.5) is 5.69 Å². The summed E-state index contributed by atoms with van der Waals surface area (Å²) >= 11 is 0. The molecule has 10 atom stereocenters. The van der Waals surface area contributed by atoms with Gasteiger partial charge in [0.05, 0.1) is 24.0 Å². The highest BCUT2D eigenvalue weighted by Gasteiger charge is 2.61. The van der Waals surface area contributed by atoms with E-state index in [0.29, 0.717) is 41.1 Å². The second-order valence-electron chi connectivity index (χ2n) is 12.7. The summed E-state index contributed by atoms with van der Waals surface area (Å²) in [5.41, 5.74) is 0.646. The molecule has 202 valence electrons. The zero-order valence-electron chi connectivity index (χ0n) is 22.2. The molecule has 4 fully saturated rings. The molecule has 1 N–H and O–H groups in total. The van der Waals surface area contributed by atoms with Crippen LogP contribution in [0.2, 0.25) is 0 Å². The quantitative estimate of drug-likeness (QED) is 0.298. The van der Waals surface area contributed by atoms with Gasteiger partial charge in [0.15, 0.2) is 5.79 Å². The molecule has 7 heteroatoms. The van der Waals surface area contributed by atoms with Gasteiger partial charge >= 0.3 is 5.97 Å². The van der Waals surface area contributed by atoms with Crippen LogP contribution >= 0.6 is 0 Å². The lowest BCUT2D eigenvalue weighted by molar-refractivity contribution is -0.275. The molecule has 6 rings (SSSR count). The molecule has 1 aromatic rings. The van der Waals surface area contributed by atoms with Gasteiger partial charge in [-0.2, -0.15) is 0 Å². The predicted octanol–water partition coefficient (Wildman–Crippen LogP) is 6.10. The van der Waals surface area contributed by atoms with Gasteiger partial charge in [-0.15, -0.1) is 0 Å². The van der Waals surface area contributed by atoms with Crippen molar-refractivity contribution in [2.45, 2.75) is 83.7 Å². The SMILES string of the molecule is C[C@H]1CC[C@]2(OC1)O[C@H]1[C@H]3C=C[C@@H]4C[C@@H](OC(=O)c5ccc(N([O-])O)cc5)CC[C@]4(C)[C@H]3CC[C@@H]1[C@H]2C. The molecule has 0 radical (unpaired) electrons. The van der Waals surface area contributed by atoms with Crippen LogP contribution in [-0.2, 0) is 14.2 Å². The number of allylic oxidation sites excluding steroid dienone is 1. The summed E-state index contributed by atoms with van der Waals surface area (Å²) in [4.78, 5) is 12.8. The molecule has 0 amide bonds. The van der Waals surface area contributed by atoms with Crippen molar-refractivity contribution in [1.29, 1.82) is 0 Å². The normalized spacial score (nSPS) is 44.6. The summed E-state index contributed by atoms with van der Waals surface area (Å²) < 4.78 is 19.3. The fourth-order valence-corrected chi connectivity index (χ4v) is 8.36. The molecule has 0 unspecified atom stereocenters. The lowest BCUT2D eigenvalue weighted by atomic mass is 9.50. The van der Waals surface area contributed by atoms with Gasteiger partial charge in [0.1, 0.15) is 6.10 Å². The van der Waals surface area contributed by atoms with Gasteiger partial charge in [0.25, 0.3) is 0 Å². The van der Waals surface area contributed by atoms with Crippen LogP contribution in [0.15, 0.2) is 36.4 Å². The smallest absolute Gasteiger partial charge is 0.338 e. The molecular weight excluding hydrogens is 470 g/mol. The van der Waals surface area contributed by atoms with E-state index in [4.69, 9.17) is 19.4 Å². The van der Waals surface area contributed by atoms with E-state index in [1.165, 1.54) is 43.5 Å². The van der Waals surface area contributed by atoms with Gasteiger partial charge in [-0.25, -0.2) is 4.79 Å². The third-order valence-corrected chi connectivity index (χ3v) is 10.7. The van der Waals surface area contributed by atoms with E-state index in [0.717, 1.165) is 32.3 Å². The Morgan fingerprint density at radius 2 is 1.89 bits per heavy atom. The molecule has 1 aromatic carbocycles. The molecule has 0 bridgehead atoms. The highest BCUT2D eigenvalue weighted by molar-refractivity contribution is 5.90. The van der Waals surface area contributed by atoms with E-state index in [9.17, 15) is 10.0 Å². The summed E-state index contributed by atoms with van der Waals surface area (Å²) in [6, 6.07) is 5.86. The van der Waals surface area contributed by atoms with Gasteiger partial charge in [-0.3, -0.25) is 5.21 Å². The Bertz CT molecular complexity index is 1030. The Balaban J connectivity index is 1.14. The number of esters is 1. The topological polar surface area (TPSA) is 91.3 Å². The van der Waals surface area contributed by atoms with Crippen molar-refractivity contribution < 1.29 is 24.2 Å². The van der Waals surface area contributed by atoms with Crippen LogP contribution in [-0.4, -0.2) is 35.8 Å². The number of ether oxygens (including phenoxy) is 3. The maximum atomic E-state index is 12.8. The number of hydrogen-bond acceptors (Lipinski definition) is 7. The number of hydrogen-bond donors (Lipinski definition) is 1. The highest BCUT2D eigenvalue weighted by atomic mass is 16.8. The maximum Gasteiger partial charge on any atom is 0.338 e. The molecule has 5 aliphatic rings. The van der Waals surface area contributed by atoms with E-state index in [1.54, 1.807) is 0 Å². The van der Waals surface area contributed by atoms with Crippen LogP contribution in [0, 0.1) is 46.1 Å². The summed E-state index contributed by atoms with van der Waals surface area (Å²) in [7, 11) is 0. The van der Waals surface area contributed by atoms with Crippen molar-refractivity contribution in [3.63, 3.8) is 0 Å². The number of carbonyl (C=O) groups excluding carboxylic acids is 1. The van der Waals surface area contributed by atoms with E-state index >= 15 is 0 Å². The minimum atomic E-state index is -0.393. The summed E-state index contributed by atoms with van der Waals surface area (Å²) in [6.07, 6.45) is 12.3. The average Bonchev–Trinajstić information content (AvgIpc) is 3.17. The van der Waals surface area contributed by atoms with Gasteiger partial charge in [0, 0.05) is 18.3 Å². The van der Waals surface area contributed by atoms with Gasteiger partial charge in [-0.1, -0.05) is 32.9 Å². The van der Waals surface area contributed by atoms with Gasteiger partial charge in [0.2, 0.25) is 0 Å². The molecule has 37 heavy (non-hydrogen) atoms. The van der Waals surface area contributed by atoms with Crippen LogP contribution < -0.4 is 5.23 Å². The fourth-order valence-electron chi connectivity index (χ4n) is 8.36. The molecule has 0 aromatic heterocycles. The van der Waals surface area contributed by atoms with Crippen molar-refractivity contribution in [2.24, 2.45) is 40.9 Å². The van der Waals surface area contributed by atoms with E-state index in [-0.39, 0.29) is 34.5 Å². The molecule has 2 heterocycles. The first-order chi connectivity index (χ1) is 17.7. The Kier molecular flexibility index (Phi) is 6.42. The van der Waals surface area contributed by atoms with Gasteiger partial charge < -0.3 is 24.6 Å². The highest BCUT2D eigenvalue weighted by Crippen LogP contribution is 2.62. The van der Waals surface area contributed by atoms with E-state index < -0.39 is 5.79 Å². The molecule has 3 aliphatic carbocycles. The summed E-state index contributed by atoms with van der Waals surface area (Å²) in [6.45, 7) is 7.87. The molecule has 2 saturated heterocycles. The Labute approximate surface area is 219 Å². The van der Waals surface area contributed by atoms with Crippen molar-refractivity contribution >= 4 is 11.7 Å². The monoisotopic (exact) mass is 510 g/mol. The average molecular weight is 511 g/mol. The van der Waals surface area contributed by atoms with Crippen LogP contribution in [0.25, 0.3) is 0 Å². The number of fused-ring (bicyclic) bond motifs is 5. The Morgan fingerprint density at radius 1 is 1.11 bits per heavy atom. The third kappa shape index (κ3) is 4.22. The molecule has 1 spiro atoms. The molecule has 2 saturated carbocycles. The summed E-state index contributed by atoms with van der Waals surface area (Å²) in [5.74, 6) is 2.21. The van der Waals surface area contributed by atoms with Crippen LogP contribution in [0.1, 0.15) is 76.1 Å². The number of carbonyl (C=O) groups is 1. The molecule has 2 aliphatic heterocycles. The standard InChI is InChI=1S/C30H40NO6/c1-18-12-15-30(35-17-18)19(2)24-10-11-26-25(27(24)37-30)9-6-21-16-23(13-14-29(21,26)3)36-28(32)20-4-7-22(8-5-20)31(33)34/h4-9,18-19,21,23-27,33H,10-17H2,1-3H3/q-1/t18-,19+,21+,23-,24+,25-,26-,27+,29-,30-/m0/s1. The zero-order chi connectivity index (χ0) is 25.9. The van der Waals surface area contributed by atoms with Crippen LogP contribution in [0.5, 0.6) is 0 Å². The lowest BCUT2D eigenvalue weighted by Crippen LogP contribution is -2.52. The first-order valence-electron chi connectivity index (χ1n) is 14.2. The number of nitrogens with zero attached hydrogens (tertiary/aromatic N) is 1. The van der Waals surface area contributed by atoms with Crippen molar-refractivity contribution in [2.75, 3.05) is 11.8 Å². The lowest BCUT2D eigenvalue weighted by Gasteiger charge is -2.55. The predicted molar refractivity (Wildman–Crippen MR) is 139 cm³/mol. The summed E-state index contributed by atoms with van der Waals surface area (Å²) in [5, 5.41) is 19.8. The third-order valence-electron chi connectivity index (χ3n) is 10.7.